The summed E-state index contributed by atoms with van der Waals surface area (Å²) in [5.41, 5.74) is 4.03. The van der Waals surface area contributed by atoms with Crippen LogP contribution in [0.4, 0.5) is 5.00 Å². The third-order valence-electron chi connectivity index (χ3n) is 5.75. The number of hydrogen-bond donors (Lipinski definition) is 2. The van der Waals surface area contributed by atoms with Crippen LogP contribution in [0.5, 0.6) is 0 Å². The third-order valence-corrected chi connectivity index (χ3v) is 7.90. The highest BCUT2D eigenvalue weighted by molar-refractivity contribution is 7.18. The van der Waals surface area contributed by atoms with Crippen LogP contribution in [0.15, 0.2) is 16.5 Å². The quantitative estimate of drug-likeness (QED) is 0.702. The Morgan fingerprint density at radius 3 is 2.75 bits per heavy atom. The van der Waals surface area contributed by atoms with E-state index >= 15 is 0 Å². The molecule has 0 saturated carbocycles. The van der Waals surface area contributed by atoms with Crippen molar-refractivity contribution in [3.05, 3.63) is 32.7 Å². The summed E-state index contributed by atoms with van der Waals surface area (Å²) in [6.45, 7) is 4.21. The van der Waals surface area contributed by atoms with Crippen LogP contribution in [0.2, 0.25) is 0 Å². The first-order valence-corrected chi connectivity index (χ1v) is 11.5. The molecule has 5 nitrogen and oxygen atoms in total. The molecule has 28 heavy (non-hydrogen) atoms. The van der Waals surface area contributed by atoms with Crippen molar-refractivity contribution in [3.63, 3.8) is 0 Å². The van der Waals surface area contributed by atoms with E-state index in [0.717, 1.165) is 40.5 Å². The van der Waals surface area contributed by atoms with E-state index in [4.69, 9.17) is 0 Å². The maximum atomic E-state index is 12.9. The van der Waals surface area contributed by atoms with Gasteiger partial charge in [-0.3, -0.25) is 4.79 Å². The molecule has 0 radical (unpaired) electrons. The molecule has 2 aromatic rings. The second-order valence-electron chi connectivity index (χ2n) is 7.59. The first-order valence-electron chi connectivity index (χ1n) is 9.81. The lowest BCUT2D eigenvalue weighted by molar-refractivity contribution is -0.133. The Hall–Kier alpha value is -1.99. The third kappa shape index (κ3) is 3.53. The van der Waals surface area contributed by atoms with Gasteiger partial charge in [0.2, 0.25) is 0 Å². The van der Waals surface area contributed by atoms with Gasteiger partial charge in [0, 0.05) is 32.7 Å². The standard InChI is InChI=1S/C21H24N2O3S2/c1-3-12-7-8-15-16(9-12)28-20(17(15)19-22-11(2)10-27-19)23-18(24)13-5-4-6-14(13)21(25)26/h10,12H,3-9H2,1-2H3,(H,23,24)(H,25,26)/t12-/m0/s1. The normalized spacial score (nSPS) is 19.0. The summed E-state index contributed by atoms with van der Waals surface area (Å²) in [7, 11) is 0. The first-order chi connectivity index (χ1) is 13.5. The number of rotatable bonds is 5. The van der Waals surface area contributed by atoms with Crippen molar-refractivity contribution in [1.29, 1.82) is 0 Å². The average molecular weight is 417 g/mol. The number of anilines is 1. The zero-order valence-corrected chi connectivity index (χ0v) is 17.8. The van der Waals surface area contributed by atoms with Gasteiger partial charge < -0.3 is 10.4 Å². The summed E-state index contributed by atoms with van der Waals surface area (Å²) in [5.74, 6) is -0.554. The first kappa shape index (κ1) is 19.3. The summed E-state index contributed by atoms with van der Waals surface area (Å²) in [6, 6.07) is 0. The number of hydrogen-bond acceptors (Lipinski definition) is 5. The van der Waals surface area contributed by atoms with Gasteiger partial charge in [-0.05, 0) is 56.9 Å². The van der Waals surface area contributed by atoms with Crippen LogP contribution >= 0.6 is 22.7 Å². The molecule has 2 aliphatic rings. The summed E-state index contributed by atoms with van der Waals surface area (Å²) >= 11 is 3.25. The number of thiazole rings is 1. The van der Waals surface area contributed by atoms with E-state index in [1.54, 1.807) is 22.7 Å². The summed E-state index contributed by atoms with van der Waals surface area (Å²) in [6.07, 6.45) is 6.11. The van der Waals surface area contributed by atoms with Crippen LogP contribution in [0, 0.1) is 12.8 Å². The summed E-state index contributed by atoms with van der Waals surface area (Å²) in [5, 5.41) is 16.2. The molecule has 1 atom stereocenters. The fourth-order valence-corrected chi connectivity index (χ4v) is 6.49. The predicted molar refractivity (Wildman–Crippen MR) is 113 cm³/mol. The average Bonchev–Trinajstić information content (AvgIpc) is 3.38. The lowest BCUT2D eigenvalue weighted by Gasteiger charge is -2.21. The zero-order chi connectivity index (χ0) is 19.8. The number of carboxylic acid groups (broad SMARTS) is 1. The molecule has 0 fully saturated rings. The number of carbonyl (C=O) groups is 2. The van der Waals surface area contributed by atoms with Crippen molar-refractivity contribution in [3.8, 4) is 10.6 Å². The molecule has 0 aliphatic heterocycles. The minimum absolute atomic E-state index is 0.261. The van der Waals surface area contributed by atoms with E-state index < -0.39 is 5.97 Å². The Balaban J connectivity index is 1.72. The van der Waals surface area contributed by atoms with Gasteiger partial charge in [-0.2, -0.15) is 0 Å². The van der Waals surface area contributed by atoms with Crippen LogP contribution in [0.25, 0.3) is 10.6 Å². The number of thiophene rings is 1. The van der Waals surface area contributed by atoms with Crippen LogP contribution < -0.4 is 5.32 Å². The van der Waals surface area contributed by atoms with E-state index in [1.807, 2.05) is 12.3 Å². The topological polar surface area (TPSA) is 79.3 Å². The molecule has 7 heteroatoms. The maximum Gasteiger partial charge on any atom is 0.332 e. The molecule has 0 saturated heterocycles. The Morgan fingerprint density at radius 1 is 1.29 bits per heavy atom. The van der Waals surface area contributed by atoms with E-state index in [-0.39, 0.29) is 11.5 Å². The van der Waals surface area contributed by atoms with Crippen molar-refractivity contribution in [1.82, 2.24) is 4.98 Å². The molecule has 148 valence electrons. The highest BCUT2D eigenvalue weighted by Gasteiger charge is 2.30. The van der Waals surface area contributed by atoms with E-state index in [0.29, 0.717) is 24.3 Å². The monoisotopic (exact) mass is 416 g/mol. The van der Waals surface area contributed by atoms with Gasteiger partial charge in [0.1, 0.15) is 10.0 Å². The van der Waals surface area contributed by atoms with Gasteiger partial charge in [0.05, 0.1) is 0 Å². The number of aliphatic carboxylic acids is 1. The van der Waals surface area contributed by atoms with Crippen LogP contribution in [0.3, 0.4) is 0 Å². The van der Waals surface area contributed by atoms with Gasteiger partial charge in [-0.1, -0.05) is 13.3 Å². The molecular weight excluding hydrogens is 392 g/mol. The molecule has 2 N–H and O–H groups in total. The Bertz CT molecular complexity index is 970. The summed E-state index contributed by atoms with van der Waals surface area (Å²) < 4.78 is 0. The smallest absolute Gasteiger partial charge is 0.332 e. The lowest BCUT2D eigenvalue weighted by Crippen LogP contribution is -2.16. The van der Waals surface area contributed by atoms with Gasteiger partial charge in [0.25, 0.3) is 5.91 Å². The molecule has 0 bridgehead atoms. The number of carboxylic acids is 1. The second kappa shape index (κ2) is 7.79. The van der Waals surface area contributed by atoms with Gasteiger partial charge in [-0.25, -0.2) is 9.78 Å². The van der Waals surface area contributed by atoms with E-state index in [9.17, 15) is 14.7 Å². The minimum atomic E-state index is -0.977. The van der Waals surface area contributed by atoms with Crippen molar-refractivity contribution >= 4 is 39.6 Å². The van der Waals surface area contributed by atoms with Crippen molar-refractivity contribution < 1.29 is 14.7 Å². The van der Waals surface area contributed by atoms with Crippen molar-refractivity contribution in [2.75, 3.05) is 5.32 Å². The van der Waals surface area contributed by atoms with E-state index in [2.05, 4.69) is 17.2 Å². The highest BCUT2D eigenvalue weighted by atomic mass is 32.1. The molecule has 4 rings (SSSR count). The highest BCUT2D eigenvalue weighted by Crippen LogP contribution is 2.46. The fraction of sp³-hybridized carbons (Fsp3) is 0.476. The Kier molecular flexibility index (Phi) is 5.38. The minimum Gasteiger partial charge on any atom is -0.478 e. The molecule has 1 amide bonds. The fourth-order valence-electron chi connectivity index (χ4n) is 4.19. The van der Waals surface area contributed by atoms with E-state index in [1.165, 1.54) is 23.3 Å². The number of amides is 1. The second-order valence-corrected chi connectivity index (χ2v) is 9.55. The molecule has 0 spiro atoms. The molecule has 0 aromatic carbocycles. The number of fused-ring (bicyclic) bond motifs is 1. The maximum absolute atomic E-state index is 12.9. The number of aromatic nitrogens is 1. The van der Waals surface area contributed by atoms with Crippen molar-refractivity contribution in [2.45, 2.75) is 58.8 Å². The number of nitrogens with zero attached hydrogens (tertiary/aromatic N) is 1. The molecule has 2 aliphatic carbocycles. The number of nitrogens with one attached hydrogen (secondary N) is 1. The van der Waals surface area contributed by atoms with Crippen molar-refractivity contribution in [2.24, 2.45) is 5.92 Å². The van der Waals surface area contributed by atoms with Gasteiger partial charge >= 0.3 is 5.97 Å². The number of carbonyl (C=O) groups excluding carboxylic acids is 1. The molecule has 0 unspecified atom stereocenters. The zero-order valence-electron chi connectivity index (χ0n) is 16.1. The lowest BCUT2D eigenvalue weighted by atomic mass is 9.86. The Labute approximate surface area is 172 Å². The van der Waals surface area contributed by atoms with Gasteiger partial charge in [0.15, 0.2) is 0 Å². The SMILES string of the molecule is CC[C@H]1CCc2c(sc(NC(=O)C3=C(C(=O)O)CCC3)c2-c2nc(C)cs2)C1. The molecular formula is C21H24N2O3S2. The molecule has 2 aromatic heterocycles. The largest absolute Gasteiger partial charge is 0.478 e. The Morgan fingerprint density at radius 2 is 2.07 bits per heavy atom. The van der Waals surface area contributed by atoms with Crippen LogP contribution in [-0.2, 0) is 22.4 Å². The van der Waals surface area contributed by atoms with Crippen LogP contribution in [-0.4, -0.2) is 22.0 Å². The van der Waals surface area contributed by atoms with Crippen LogP contribution in [0.1, 0.15) is 55.2 Å². The predicted octanol–water partition coefficient (Wildman–Crippen LogP) is 5.20. The molecule has 2 heterocycles. The summed E-state index contributed by atoms with van der Waals surface area (Å²) in [4.78, 5) is 30.4. The number of aryl methyl sites for hydroxylation is 1. The van der Waals surface area contributed by atoms with Gasteiger partial charge in [-0.15, -0.1) is 22.7 Å².